The van der Waals surface area contributed by atoms with Crippen LogP contribution in [0.1, 0.15) is 46.1 Å². The highest BCUT2D eigenvalue weighted by molar-refractivity contribution is 5.58. The lowest BCUT2D eigenvalue weighted by molar-refractivity contribution is -0.0752. The van der Waals surface area contributed by atoms with Crippen LogP contribution in [-0.4, -0.2) is 34.8 Å². The van der Waals surface area contributed by atoms with Crippen molar-refractivity contribution in [1.82, 2.24) is 9.97 Å². The van der Waals surface area contributed by atoms with Crippen molar-refractivity contribution in [3.05, 3.63) is 11.9 Å². The van der Waals surface area contributed by atoms with Gasteiger partial charge in [0.2, 0.25) is 0 Å². The van der Waals surface area contributed by atoms with Crippen molar-refractivity contribution >= 4 is 11.6 Å². The Morgan fingerprint density at radius 1 is 1.42 bits per heavy atom. The van der Waals surface area contributed by atoms with E-state index in [1.807, 2.05) is 0 Å². The Balaban J connectivity index is 2.39. The molecule has 1 aromatic rings. The van der Waals surface area contributed by atoms with Crippen molar-refractivity contribution in [3.8, 4) is 0 Å². The van der Waals surface area contributed by atoms with Crippen LogP contribution in [0.5, 0.6) is 0 Å². The summed E-state index contributed by atoms with van der Waals surface area (Å²) in [5, 5.41) is 0. The highest BCUT2D eigenvalue weighted by atomic mass is 16.5. The van der Waals surface area contributed by atoms with Gasteiger partial charge in [0.1, 0.15) is 18.0 Å². The van der Waals surface area contributed by atoms with Gasteiger partial charge < -0.3 is 15.4 Å². The molecular formula is C14H24N4O. The monoisotopic (exact) mass is 264 g/mol. The van der Waals surface area contributed by atoms with Gasteiger partial charge in [-0.15, -0.1) is 0 Å². The Bertz CT molecular complexity index is 459. The van der Waals surface area contributed by atoms with E-state index in [0.717, 1.165) is 24.5 Å². The van der Waals surface area contributed by atoms with Gasteiger partial charge in [0.05, 0.1) is 11.7 Å². The van der Waals surface area contributed by atoms with Crippen LogP contribution in [0.3, 0.4) is 0 Å². The Morgan fingerprint density at radius 2 is 2.11 bits per heavy atom. The average molecular weight is 264 g/mol. The number of anilines is 2. The summed E-state index contributed by atoms with van der Waals surface area (Å²) in [6, 6.07) is 0. The first-order chi connectivity index (χ1) is 8.80. The molecule has 0 aromatic carbocycles. The number of nitrogens with zero attached hydrogens (tertiary/aromatic N) is 3. The summed E-state index contributed by atoms with van der Waals surface area (Å²) in [5.41, 5.74) is 6.88. The average Bonchev–Trinajstić information content (AvgIpc) is 2.25. The number of hydrogen-bond donors (Lipinski definition) is 1. The molecule has 5 heteroatoms. The fourth-order valence-electron chi connectivity index (χ4n) is 2.82. The van der Waals surface area contributed by atoms with E-state index in [1.165, 1.54) is 0 Å². The van der Waals surface area contributed by atoms with Crippen LogP contribution < -0.4 is 10.6 Å². The van der Waals surface area contributed by atoms with Crippen LogP contribution in [0, 0.1) is 0 Å². The fourth-order valence-corrected chi connectivity index (χ4v) is 2.82. The molecule has 5 nitrogen and oxygen atoms in total. The normalized spacial score (nSPS) is 22.8. The zero-order valence-electron chi connectivity index (χ0n) is 12.5. The molecule has 2 N–H and O–H groups in total. The quantitative estimate of drug-likeness (QED) is 0.887. The molecule has 106 valence electrons. The molecule has 2 heterocycles. The molecule has 0 spiro atoms. The van der Waals surface area contributed by atoms with Gasteiger partial charge in [-0.1, -0.05) is 13.8 Å². The first-order valence-corrected chi connectivity index (χ1v) is 6.83. The van der Waals surface area contributed by atoms with E-state index in [2.05, 4.69) is 49.5 Å². The third-order valence-electron chi connectivity index (χ3n) is 3.34. The Kier molecular flexibility index (Phi) is 3.67. The third kappa shape index (κ3) is 2.97. The molecule has 1 aliphatic rings. The van der Waals surface area contributed by atoms with E-state index in [9.17, 15) is 0 Å². The molecule has 0 saturated carbocycles. The Labute approximate surface area is 115 Å². The van der Waals surface area contributed by atoms with Crippen molar-refractivity contribution in [2.75, 3.05) is 23.7 Å². The van der Waals surface area contributed by atoms with Crippen molar-refractivity contribution in [2.45, 2.75) is 52.2 Å². The molecule has 19 heavy (non-hydrogen) atoms. The van der Waals surface area contributed by atoms with E-state index < -0.39 is 0 Å². The Hall–Kier alpha value is -1.36. The highest BCUT2D eigenvalue weighted by Gasteiger charge is 2.33. The van der Waals surface area contributed by atoms with Gasteiger partial charge in [0, 0.05) is 18.7 Å². The minimum Gasteiger partial charge on any atom is -0.383 e. The van der Waals surface area contributed by atoms with Gasteiger partial charge in [-0.2, -0.15) is 0 Å². The summed E-state index contributed by atoms with van der Waals surface area (Å²) >= 11 is 0. The molecule has 1 aliphatic heterocycles. The predicted molar refractivity (Wildman–Crippen MR) is 77.4 cm³/mol. The summed E-state index contributed by atoms with van der Waals surface area (Å²) < 4.78 is 5.94. The molecule has 0 aliphatic carbocycles. The predicted octanol–water partition coefficient (Wildman–Crippen LogP) is 2.19. The molecular weight excluding hydrogens is 240 g/mol. The van der Waals surface area contributed by atoms with Crippen molar-refractivity contribution in [2.24, 2.45) is 0 Å². The van der Waals surface area contributed by atoms with Gasteiger partial charge >= 0.3 is 0 Å². The zero-order valence-corrected chi connectivity index (χ0v) is 12.5. The topological polar surface area (TPSA) is 64.3 Å². The smallest absolute Gasteiger partial charge is 0.137 e. The lowest BCUT2D eigenvalue weighted by Crippen LogP contribution is -2.52. The summed E-state index contributed by atoms with van der Waals surface area (Å²) in [4.78, 5) is 10.8. The summed E-state index contributed by atoms with van der Waals surface area (Å²) in [6.07, 6.45) is 1.73. The van der Waals surface area contributed by atoms with Gasteiger partial charge in [0.25, 0.3) is 0 Å². The highest BCUT2D eigenvalue weighted by Crippen LogP contribution is 2.32. The molecule has 0 amide bonds. The molecule has 2 rings (SSSR count). The van der Waals surface area contributed by atoms with Crippen LogP contribution in [0.25, 0.3) is 0 Å². The van der Waals surface area contributed by atoms with E-state index in [1.54, 1.807) is 6.33 Å². The second kappa shape index (κ2) is 4.96. The Morgan fingerprint density at radius 3 is 2.68 bits per heavy atom. The zero-order chi connectivity index (χ0) is 14.2. The minimum atomic E-state index is -0.175. The first kappa shape index (κ1) is 14.1. The van der Waals surface area contributed by atoms with E-state index in [0.29, 0.717) is 11.7 Å². The van der Waals surface area contributed by atoms with Crippen LogP contribution >= 0.6 is 0 Å². The van der Waals surface area contributed by atoms with Gasteiger partial charge in [-0.05, 0) is 26.7 Å². The van der Waals surface area contributed by atoms with Gasteiger partial charge in [0.15, 0.2) is 0 Å². The number of hydrogen-bond acceptors (Lipinski definition) is 5. The van der Waals surface area contributed by atoms with Crippen molar-refractivity contribution in [1.29, 1.82) is 0 Å². The molecule has 0 radical (unpaired) electrons. The van der Waals surface area contributed by atoms with E-state index in [4.69, 9.17) is 10.5 Å². The summed E-state index contributed by atoms with van der Waals surface area (Å²) in [6.45, 7) is 12.2. The fraction of sp³-hybridized carbons (Fsp3) is 0.714. The van der Waals surface area contributed by atoms with Crippen LogP contribution in [-0.2, 0) is 4.74 Å². The van der Waals surface area contributed by atoms with E-state index >= 15 is 0 Å². The lowest BCUT2D eigenvalue weighted by Gasteiger charge is -2.43. The first-order valence-electron chi connectivity index (χ1n) is 6.83. The molecule has 1 saturated heterocycles. The summed E-state index contributed by atoms with van der Waals surface area (Å²) in [5.74, 6) is 1.83. The number of morpholine rings is 1. The third-order valence-corrected chi connectivity index (χ3v) is 3.34. The van der Waals surface area contributed by atoms with Crippen LogP contribution in [0.2, 0.25) is 0 Å². The number of aromatic nitrogens is 2. The number of nitrogens with two attached hydrogens (primary N) is 1. The van der Waals surface area contributed by atoms with Crippen molar-refractivity contribution in [3.63, 3.8) is 0 Å². The molecule has 1 unspecified atom stereocenters. The van der Waals surface area contributed by atoms with E-state index in [-0.39, 0.29) is 11.7 Å². The number of nitrogen functional groups attached to an aromatic ring is 1. The SMILES string of the molecule is CC1CN(c2ncnc(N)c2C(C)C)CC(C)(C)O1. The summed E-state index contributed by atoms with van der Waals surface area (Å²) in [7, 11) is 0. The lowest BCUT2D eigenvalue weighted by atomic mass is 10.0. The van der Waals surface area contributed by atoms with Crippen LogP contribution in [0.15, 0.2) is 6.33 Å². The largest absolute Gasteiger partial charge is 0.383 e. The maximum Gasteiger partial charge on any atom is 0.137 e. The molecule has 0 bridgehead atoms. The maximum atomic E-state index is 6.02. The van der Waals surface area contributed by atoms with Crippen LogP contribution in [0.4, 0.5) is 11.6 Å². The second-order valence-corrected chi connectivity index (χ2v) is 6.22. The molecule has 1 atom stereocenters. The second-order valence-electron chi connectivity index (χ2n) is 6.22. The van der Waals surface area contributed by atoms with Crippen molar-refractivity contribution < 1.29 is 4.74 Å². The minimum absolute atomic E-state index is 0.175. The maximum absolute atomic E-state index is 6.02. The molecule has 1 aromatic heterocycles. The number of ether oxygens (including phenoxy) is 1. The van der Waals surface area contributed by atoms with Gasteiger partial charge in [-0.25, -0.2) is 9.97 Å². The number of rotatable bonds is 2. The molecule has 1 fully saturated rings. The van der Waals surface area contributed by atoms with Gasteiger partial charge in [-0.3, -0.25) is 0 Å². The standard InChI is InChI=1S/C14H24N4O/c1-9(2)11-12(15)16-8-17-13(11)18-6-10(3)19-14(4,5)7-18/h8-10H,6-7H2,1-5H3,(H2,15,16,17).